The highest BCUT2D eigenvalue weighted by molar-refractivity contribution is 6.79. The number of aromatic hydroxyl groups is 1. The van der Waals surface area contributed by atoms with Gasteiger partial charge in [-0.1, -0.05) is 45.3 Å². The van der Waals surface area contributed by atoms with Crippen LogP contribution in [0.5, 0.6) is 5.75 Å². The zero-order valence-corrected chi connectivity index (χ0v) is 17.9. The summed E-state index contributed by atoms with van der Waals surface area (Å²) < 4.78 is 0. The van der Waals surface area contributed by atoms with Gasteiger partial charge in [-0.2, -0.15) is 0 Å². The van der Waals surface area contributed by atoms with Crippen molar-refractivity contribution in [2.24, 2.45) is 0 Å². The monoisotopic (exact) mass is 353 g/mol. The minimum absolute atomic E-state index is 0.167. The Bertz CT molecular complexity index is 552. The first-order valence-electron chi connectivity index (χ1n) is 8.25. The quantitative estimate of drug-likeness (QED) is 0.686. The van der Waals surface area contributed by atoms with Gasteiger partial charge in [0.15, 0.2) is 0 Å². The van der Waals surface area contributed by atoms with Gasteiger partial charge in [-0.25, -0.2) is 0 Å². The minimum atomic E-state index is -1.80. The Labute approximate surface area is 143 Å². The largest absolute Gasteiger partial charge is 0.508 e. The van der Waals surface area contributed by atoms with Crippen molar-refractivity contribution < 1.29 is 15.3 Å². The van der Waals surface area contributed by atoms with E-state index >= 15 is 0 Å². The normalized spacial score (nSPS) is 18.3. The molecule has 2 unspecified atom stereocenters. The number of hydrogen-bond donors (Lipinski definition) is 3. The maximum absolute atomic E-state index is 10.8. The Kier molecular flexibility index (Phi) is 5.64. The van der Waals surface area contributed by atoms with Gasteiger partial charge in [0.2, 0.25) is 0 Å². The lowest BCUT2D eigenvalue weighted by Crippen LogP contribution is -2.51. The van der Waals surface area contributed by atoms with E-state index in [0.29, 0.717) is 18.4 Å². The lowest BCUT2D eigenvalue weighted by molar-refractivity contribution is 0.134. The van der Waals surface area contributed by atoms with Gasteiger partial charge in [-0.3, -0.25) is 0 Å². The van der Waals surface area contributed by atoms with Crippen LogP contribution in [0.4, 0.5) is 0 Å². The third-order valence-corrected chi connectivity index (χ3v) is 12.2. The number of phenols is 1. The van der Waals surface area contributed by atoms with Gasteiger partial charge in [0, 0.05) is 12.0 Å². The van der Waals surface area contributed by atoms with Crippen LogP contribution in [0.3, 0.4) is 0 Å². The van der Waals surface area contributed by atoms with Gasteiger partial charge in [0.05, 0.1) is 26.6 Å². The van der Waals surface area contributed by atoms with Crippen LogP contribution in [0.1, 0.15) is 25.0 Å². The Morgan fingerprint density at radius 3 is 1.74 bits per heavy atom. The smallest absolute Gasteiger partial charge is 0.119 e. The summed E-state index contributed by atoms with van der Waals surface area (Å²) in [6.45, 7) is 16.5. The van der Waals surface area contributed by atoms with Gasteiger partial charge in [-0.15, -0.1) is 0 Å². The molecule has 23 heavy (non-hydrogen) atoms. The molecule has 0 amide bonds. The summed E-state index contributed by atoms with van der Waals surface area (Å²) >= 11 is 0. The van der Waals surface area contributed by atoms with E-state index in [1.165, 1.54) is 0 Å². The molecular weight excluding hydrogens is 320 g/mol. The van der Waals surface area contributed by atoms with Gasteiger partial charge in [0.1, 0.15) is 5.75 Å². The molecule has 5 heteroatoms. The van der Waals surface area contributed by atoms with Crippen LogP contribution in [-0.4, -0.2) is 41.9 Å². The molecule has 0 aliphatic rings. The molecule has 0 aliphatic heterocycles. The Morgan fingerprint density at radius 2 is 1.30 bits per heavy atom. The average Bonchev–Trinajstić information content (AvgIpc) is 2.29. The summed E-state index contributed by atoms with van der Waals surface area (Å²) in [6.07, 6.45) is 0.905. The van der Waals surface area contributed by atoms with Crippen LogP contribution >= 0.6 is 0 Å². The number of phenolic OH excluding ortho intramolecular Hbond substituents is 1. The summed E-state index contributed by atoms with van der Waals surface area (Å²) in [7, 11) is -3.55. The zero-order chi connectivity index (χ0) is 18.3. The van der Waals surface area contributed by atoms with Crippen molar-refractivity contribution in [1.29, 1.82) is 0 Å². The van der Waals surface area contributed by atoms with Gasteiger partial charge < -0.3 is 15.3 Å². The van der Waals surface area contributed by atoms with Crippen LogP contribution < -0.4 is 0 Å². The van der Waals surface area contributed by atoms with Crippen LogP contribution in [0.2, 0.25) is 39.3 Å². The van der Waals surface area contributed by atoms with E-state index < -0.39 is 26.6 Å². The molecule has 0 spiro atoms. The fourth-order valence-corrected chi connectivity index (χ4v) is 3.49. The van der Waals surface area contributed by atoms with E-state index in [2.05, 4.69) is 45.3 Å². The summed E-state index contributed by atoms with van der Waals surface area (Å²) in [5.74, 6) is 0.167. The molecule has 0 fully saturated rings. The SMILES string of the molecule is CC(O)(Cc1[c]c(CC(C)(O)[Si](C)(C)C)c(O)cc1)[Si](C)(C)C. The molecule has 0 aliphatic carbocycles. The second-order valence-electron chi connectivity index (χ2n) is 9.25. The van der Waals surface area contributed by atoms with E-state index in [-0.39, 0.29) is 5.75 Å². The third-order valence-electron chi connectivity index (χ3n) is 5.35. The van der Waals surface area contributed by atoms with Crippen LogP contribution in [0.25, 0.3) is 0 Å². The summed E-state index contributed by atoms with van der Waals surface area (Å²) in [6, 6.07) is 6.71. The number of hydrogen-bond acceptors (Lipinski definition) is 3. The lowest BCUT2D eigenvalue weighted by Gasteiger charge is -2.37. The third kappa shape index (κ3) is 4.92. The van der Waals surface area contributed by atoms with Crippen LogP contribution in [0, 0.1) is 6.07 Å². The number of rotatable bonds is 6. The van der Waals surface area contributed by atoms with Crippen LogP contribution in [0.15, 0.2) is 12.1 Å². The molecule has 131 valence electrons. The molecule has 1 aromatic rings. The molecule has 0 saturated heterocycles. The summed E-state index contributed by atoms with van der Waals surface area (Å²) in [5.41, 5.74) is 1.53. The van der Waals surface area contributed by atoms with E-state index in [4.69, 9.17) is 0 Å². The van der Waals surface area contributed by atoms with Crippen molar-refractivity contribution >= 4 is 16.1 Å². The highest BCUT2D eigenvalue weighted by Gasteiger charge is 2.39. The number of aliphatic hydroxyl groups is 2. The molecule has 0 aromatic heterocycles. The first-order chi connectivity index (χ1) is 10.1. The molecule has 0 bridgehead atoms. The highest BCUT2D eigenvalue weighted by Crippen LogP contribution is 2.31. The second kappa shape index (κ2) is 6.35. The standard InChI is InChI=1S/C18H33O3Si2/c1-17(20,22(3,4)5)12-14-9-10-16(19)15(11-14)13-18(2,21)23(6,7)8/h9-10,19-21H,12-13H2,1-8H3. The molecule has 1 rings (SSSR count). The van der Waals surface area contributed by atoms with E-state index in [1.54, 1.807) is 6.07 Å². The maximum atomic E-state index is 10.8. The predicted molar refractivity (Wildman–Crippen MR) is 102 cm³/mol. The summed E-state index contributed by atoms with van der Waals surface area (Å²) in [4.78, 5) is 0. The molecule has 0 heterocycles. The maximum Gasteiger partial charge on any atom is 0.119 e. The van der Waals surface area contributed by atoms with Gasteiger partial charge >= 0.3 is 0 Å². The van der Waals surface area contributed by atoms with Crippen molar-refractivity contribution in [2.45, 2.75) is 76.4 Å². The molecule has 0 saturated carbocycles. The molecule has 3 N–H and O–H groups in total. The Hall–Kier alpha value is -0.626. The molecule has 1 radical (unpaired) electrons. The molecule has 1 aromatic carbocycles. The fraction of sp³-hybridized carbons (Fsp3) is 0.667. The minimum Gasteiger partial charge on any atom is -0.508 e. The van der Waals surface area contributed by atoms with Crippen molar-refractivity contribution in [3.63, 3.8) is 0 Å². The zero-order valence-electron chi connectivity index (χ0n) is 15.9. The average molecular weight is 354 g/mol. The van der Waals surface area contributed by atoms with Gasteiger partial charge in [0.25, 0.3) is 0 Å². The van der Waals surface area contributed by atoms with Crippen molar-refractivity contribution in [3.8, 4) is 5.75 Å². The molecule has 3 nitrogen and oxygen atoms in total. The summed E-state index contributed by atoms with van der Waals surface area (Å²) in [5, 5.41) is 30.1. The van der Waals surface area contributed by atoms with E-state index in [1.807, 2.05) is 19.9 Å². The van der Waals surface area contributed by atoms with Crippen LogP contribution in [-0.2, 0) is 12.8 Å². The first kappa shape index (κ1) is 20.4. The van der Waals surface area contributed by atoms with Gasteiger partial charge in [-0.05, 0) is 38.0 Å². The second-order valence-corrected chi connectivity index (χ2v) is 20.4. The number of benzene rings is 1. The van der Waals surface area contributed by atoms with Crippen molar-refractivity contribution in [2.75, 3.05) is 0 Å². The van der Waals surface area contributed by atoms with E-state index in [0.717, 1.165) is 5.56 Å². The lowest BCUT2D eigenvalue weighted by atomic mass is 10.0. The molecule has 2 atom stereocenters. The predicted octanol–water partition coefficient (Wildman–Crippen LogP) is 3.53. The highest BCUT2D eigenvalue weighted by atomic mass is 28.3. The first-order valence-corrected chi connectivity index (χ1v) is 15.2. The molecular formula is C18H33O3Si2. The van der Waals surface area contributed by atoms with Crippen molar-refractivity contribution in [1.82, 2.24) is 0 Å². The van der Waals surface area contributed by atoms with E-state index in [9.17, 15) is 15.3 Å². The Balaban J connectivity index is 3.10. The Morgan fingerprint density at radius 1 is 0.870 bits per heavy atom. The topological polar surface area (TPSA) is 60.7 Å². The van der Waals surface area contributed by atoms with Crippen molar-refractivity contribution in [3.05, 3.63) is 29.3 Å². The fourth-order valence-electron chi connectivity index (χ4n) is 2.06.